The van der Waals surface area contributed by atoms with E-state index in [0.29, 0.717) is 0 Å². The lowest BCUT2D eigenvalue weighted by Gasteiger charge is -2.19. The Hall–Kier alpha value is 0.0200. The summed E-state index contributed by atoms with van der Waals surface area (Å²) in [6, 6.07) is 0. The van der Waals surface area contributed by atoms with E-state index < -0.39 is 0 Å². The molecule has 0 aliphatic heterocycles. The number of nitrogens with zero attached hydrogens (tertiary/aromatic N) is 3. The van der Waals surface area contributed by atoms with E-state index in [2.05, 4.69) is 10.3 Å². The lowest BCUT2D eigenvalue weighted by molar-refractivity contribution is 0.518. The zero-order valence-electron chi connectivity index (χ0n) is 11.8. The van der Waals surface area contributed by atoms with Crippen LogP contribution < -0.4 is 0 Å². The summed E-state index contributed by atoms with van der Waals surface area (Å²) >= 11 is 13.7. The maximum atomic E-state index is 5.26. The molecule has 0 fully saturated rings. The van der Waals surface area contributed by atoms with Crippen LogP contribution in [0.2, 0.25) is 0 Å². The predicted octanol–water partition coefficient (Wildman–Crippen LogP) is 2.55. The minimum absolute atomic E-state index is 0.854. The zero-order chi connectivity index (χ0) is 14.3. The minimum Gasteiger partial charge on any atom is -0.380 e. The topological polar surface area (TPSA) is 9.72 Å². The second-order valence-corrected chi connectivity index (χ2v) is 7.34. The lowest BCUT2D eigenvalue weighted by Crippen LogP contribution is -2.20. The van der Waals surface area contributed by atoms with Crippen molar-refractivity contribution in [2.75, 3.05) is 48.0 Å². The maximum absolute atomic E-state index is 5.26. The van der Waals surface area contributed by atoms with Gasteiger partial charge in [-0.3, -0.25) is 0 Å². The van der Waals surface area contributed by atoms with E-state index in [0.717, 1.165) is 14.4 Å². The van der Waals surface area contributed by atoms with Gasteiger partial charge in [-0.15, -0.1) is 0 Å². The van der Waals surface area contributed by atoms with Crippen LogP contribution >= 0.6 is 48.0 Å². The Balaban J connectivity index is 4.44. The summed E-state index contributed by atoms with van der Waals surface area (Å²) in [7, 11) is 11.9. The van der Waals surface area contributed by atoms with E-state index in [1.54, 1.807) is 23.5 Å². The smallest absolute Gasteiger partial charge is 0.140 e. The molecule has 0 saturated carbocycles. The number of thioether (sulfide) groups is 2. The molecule has 0 rings (SSSR count). The van der Waals surface area contributed by atoms with E-state index in [9.17, 15) is 0 Å². The van der Waals surface area contributed by atoms with Crippen LogP contribution in [0.3, 0.4) is 0 Å². The fourth-order valence-electron chi connectivity index (χ4n) is 0.757. The third-order valence-corrected chi connectivity index (χ3v) is 5.33. The number of thiocarbonyl (C=S) groups is 2. The van der Waals surface area contributed by atoms with Gasteiger partial charge in [0, 0.05) is 53.7 Å². The molecule has 104 valence electrons. The molecule has 18 heavy (non-hydrogen) atoms. The Kier molecular flexibility index (Phi) is 9.02. The van der Waals surface area contributed by atoms with E-state index >= 15 is 0 Å². The Labute approximate surface area is 130 Å². The molecule has 0 bridgehead atoms. The van der Waals surface area contributed by atoms with Crippen LogP contribution in [0.25, 0.3) is 0 Å². The second-order valence-electron chi connectivity index (χ2n) is 4.23. The van der Waals surface area contributed by atoms with Gasteiger partial charge >= 0.3 is 0 Å². The SMILES string of the molecule is CN(C)C(=S)SC=C(CSC(=S)N(C)C)N(C)C. The number of hydrogen-bond acceptors (Lipinski definition) is 5. The second kappa shape index (κ2) is 9.01. The van der Waals surface area contributed by atoms with E-state index in [4.69, 9.17) is 24.4 Å². The highest BCUT2D eigenvalue weighted by Crippen LogP contribution is 2.18. The van der Waals surface area contributed by atoms with E-state index in [-0.39, 0.29) is 0 Å². The highest BCUT2D eigenvalue weighted by Gasteiger charge is 2.06. The van der Waals surface area contributed by atoms with Gasteiger partial charge in [-0.1, -0.05) is 48.0 Å². The van der Waals surface area contributed by atoms with Crippen LogP contribution in [0.5, 0.6) is 0 Å². The predicted molar refractivity (Wildman–Crippen MR) is 94.4 cm³/mol. The first kappa shape index (κ1) is 18.0. The molecule has 0 aromatic carbocycles. The van der Waals surface area contributed by atoms with Gasteiger partial charge in [0.2, 0.25) is 0 Å². The molecule has 0 aromatic rings. The van der Waals surface area contributed by atoms with Crippen molar-refractivity contribution in [3.8, 4) is 0 Å². The van der Waals surface area contributed by atoms with Crippen molar-refractivity contribution in [3.05, 3.63) is 11.1 Å². The third-order valence-electron chi connectivity index (χ3n) is 1.94. The monoisotopic (exact) mass is 323 g/mol. The first-order chi connectivity index (χ1) is 8.25. The molecule has 0 spiro atoms. The summed E-state index contributed by atoms with van der Waals surface area (Å²) < 4.78 is 1.75. The Morgan fingerprint density at radius 2 is 1.39 bits per heavy atom. The highest BCUT2D eigenvalue weighted by molar-refractivity contribution is 8.25. The molecule has 0 unspecified atom stereocenters. The maximum Gasteiger partial charge on any atom is 0.140 e. The average Bonchev–Trinajstić information content (AvgIpc) is 2.27. The van der Waals surface area contributed by atoms with Gasteiger partial charge in [0.05, 0.1) is 0 Å². The van der Waals surface area contributed by atoms with Crippen LogP contribution in [0.1, 0.15) is 0 Å². The fraction of sp³-hybridized carbons (Fsp3) is 0.636. The molecule has 0 saturated heterocycles. The summed E-state index contributed by atoms with van der Waals surface area (Å²) in [6.07, 6.45) is 0. The van der Waals surface area contributed by atoms with Gasteiger partial charge in [0.1, 0.15) is 8.64 Å². The number of rotatable bonds is 4. The Morgan fingerprint density at radius 3 is 1.78 bits per heavy atom. The fourth-order valence-corrected chi connectivity index (χ4v) is 2.80. The molecular formula is C11H21N3S4. The lowest BCUT2D eigenvalue weighted by atomic mass is 10.5. The van der Waals surface area contributed by atoms with Crippen molar-refractivity contribution in [1.29, 1.82) is 0 Å². The Morgan fingerprint density at radius 1 is 0.889 bits per heavy atom. The molecule has 0 heterocycles. The van der Waals surface area contributed by atoms with Crippen LogP contribution in [-0.2, 0) is 0 Å². The molecule has 0 atom stereocenters. The van der Waals surface area contributed by atoms with Crippen molar-refractivity contribution in [1.82, 2.24) is 14.7 Å². The van der Waals surface area contributed by atoms with Gasteiger partial charge in [-0.05, 0) is 5.41 Å². The largest absolute Gasteiger partial charge is 0.380 e. The minimum atomic E-state index is 0.854. The average molecular weight is 324 g/mol. The molecule has 0 aromatic heterocycles. The van der Waals surface area contributed by atoms with Crippen molar-refractivity contribution in [2.45, 2.75) is 0 Å². The summed E-state index contributed by atoms with van der Waals surface area (Å²) in [4.78, 5) is 5.98. The summed E-state index contributed by atoms with van der Waals surface area (Å²) in [5, 5.41) is 2.09. The Bertz CT molecular complexity index is 324. The van der Waals surface area contributed by atoms with E-state index in [1.807, 2.05) is 52.1 Å². The summed E-state index contributed by atoms with van der Waals surface area (Å²) in [5.74, 6) is 0.854. The molecule has 0 amide bonds. The first-order valence-corrected chi connectivity index (χ1v) is 8.02. The highest BCUT2D eigenvalue weighted by atomic mass is 32.2. The van der Waals surface area contributed by atoms with Gasteiger partial charge in [-0.25, -0.2) is 0 Å². The van der Waals surface area contributed by atoms with Gasteiger partial charge in [-0.2, -0.15) is 0 Å². The molecule has 0 aliphatic carbocycles. The normalized spacial score (nSPS) is 11.1. The van der Waals surface area contributed by atoms with Crippen LogP contribution in [0.15, 0.2) is 11.1 Å². The summed E-state index contributed by atoms with van der Waals surface area (Å²) in [6.45, 7) is 0. The quantitative estimate of drug-likeness (QED) is 0.726. The van der Waals surface area contributed by atoms with Crippen molar-refractivity contribution >= 4 is 56.6 Å². The van der Waals surface area contributed by atoms with Crippen molar-refractivity contribution in [2.24, 2.45) is 0 Å². The van der Waals surface area contributed by atoms with Crippen LogP contribution in [0.4, 0.5) is 0 Å². The van der Waals surface area contributed by atoms with Crippen molar-refractivity contribution < 1.29 is 0 Å². The number of hydrogen-bond donors (Lipinski definition) is 0. The zero-order valence-corrected chi connectivity index (χ0v) is 15.0. The molecular weight excluding hydrogens is 302 g/mol. The van der Waals surface area contributed by atoms with Crippen LogP contribution in [0, 0.1) is 0 Å². The molecule has 0 radical (unpaired) electrons. The van der Waals surface area contributed by atoms with Crippen LogP contribution in [-0.4, -0.2) is 71.4 Å². The van der Waals surface area contributed by atoms with E-state index in [1.165, 1.54) is 5.70 Å². The first-order valence-electron chi connectivity index (χ1n) is 5.34. The van der Waals surface area contributed by atoms with Gasteiger partial charge < -0.3 is 14.7 Å². The summed E-state index contributed by atoms with van der Waals surface area (Å²) in [5.41, 5.74) is 1.21. The molecule has 3 nitrogen and oxygen atoms in total. The van der Waals surface area contributed by atoms with Gasteiger partial charge in [0.15, 0.2) is 0 Å². The standard InChI is InChI=1S/C11H21N3S4/c1-12(2)9(7-17-10(15)13(3)4)8-18-11(16)14(5)6/h7H,8H2,1-6H3. The molecule has 0 N–H and O–H groups in total. The molecule has 7 heteroatoms. The van der Waals surface area contributed by atoms with Crippen molar-refractivity contribution in [3.63, 3.8) is 0 Å². The third kappa shape index (κ3) is 7.45. The molecule has 0 aliphatic rings. The van der Waals surface area contributed by atoms with Gasteiger partial charge in [0.25, 0.3) is 0 Å².